The molecular weight excluding hydrogens is 431 g/mol. The molecule has 0 aliphatic carbocycles. The Kier molecular flexibility index (Phi) is 11.4. The highest BCUT2D eigenvalue weighted by Crippen LogP contribution is 2.18. The van der Waals surface area contributed by atoms with Gasteiger partial charge in [-0.15, -0.1) is 24.0 Å². The number of carbonyl (C=O) groups is 1. The van der Waals surface area contributed by atoms with Gasteiger partial charge < -0.3 is 19.9 Å². The van der Waals surface area contributed by atoms with Crippen LogP contribution < -0.4 is 5.32 Å². The van der Waals surface area contributed by atoms with Gasteiger partial charge in [0.05, 0.1) is 12.5 Å². The second kappa shape index (κ2) is 12.7. The standard InChI is InChI=1S/C18H34N4O2.HI/c1-3-24-17(23)16-9-8-13-22(15-16)18(19-2)20-10-14-21-11-6-4-5-7-12-21;/h16H,3-15H2,1-2H3,(H,19,20);1H. The van der Waals surface area contributed by atoms with Crippen molar-refractivity contribution in [2.75, 3.05) is 52.9 Å². The summed E-state index contributed by atoms with van der Waals surface area (Å²) in [5.41, 5.74) is 0. The van der Waals surface area contributed by atoms with E-state index in [0.29, 0.717) is 13.2 Å². The molecular formula is C18H35IN4O2. The average Bonchev–Trinajstić information content (AvgIpc) is 2.88. The molecule has 0 aromatic carbocycles. The Bertz CT molecular complexity index is 412. The predicted molar refractivity (Wildman–Crippen MR) is 113 cm³/mol. The van der Waals surface area contributed by atoms with Crippen LogP contribution in [0.3, 0.4) is 0 Å². The minimum absolute atomic E-state index is 0. The van der Waals surface area contributed by atoms with Gasteiger partial charge in [-0.2, -0.15) is 0 Å². The maximum Gasteiger partial charge on any atom is 0.310 e. The highest BCUT2D eigenvalue weighted by Gasteiger charge is 2.28. The highest BCUT2D eigenvalue weighted by atomic mass is 127. The van der Waals surface area contributed by atoms with E-state index in [9.17, 15) is 4.79 Å². The lowest BCUT2D eigenvalue weighted by molar-refractivity contribution is -0.149. The molecule has 1 atom stereocenters. The molecule has 6 nitrogen and oxygen atoms in total. The number of nitrogens with one attached hydrogen (secondary N) is 1. The normalized spacial score (nSPS) is 22.7. The molecule has 2 rings (SSSR count). The van der Waals surface area contributed by atoms with Gasteiger partial charge in [-0.05, 0) is 45.7 Å². The van der Waals surface area contributed by atoms with Crippen molar-refractivity contribution >= 4 is 35.9 Å². The third kappa shape index (κ3) is 7.68. The molecule has 25 heavy (non-hydrogen) atoms. The molecule has 1 N–H and O–H groups in total. The van der Waals surface area contributed by atoms with Crippen molar-refractivity contribution < 1.29 is 9.53 Å². The average molecular weight is 466 g/mol. The van der Waals surface area contributed by atoms with Gasteiger partial charge in [-0.3, -0.25) is 9.79 Å². The number of aliphatic imine (C=N–C) groups is 1. The first-order valence-electron chi connectivity index (χ1n) is 9.59. The van der Waals surface area contributed by atoms with E-state index in [0.717, 1.165) is 38.4 Å². The number of halogens is 1. The number of hydrogen-bond acceptors (Lipinski definition) is 4. The Morgan fingerprint density at radius 2 is 1.88 bits per heavy atom. The van der Waals surface area contributed by atoms with Crippen LogP contribution in [0.15, 0.2) is 4.99 Å². The summed E-state index contributed by atoms with van der Waals surface area (Å²) >= 11 is 0. The Hall–Kier alpha value is -0.570. The molecule has 2 aliphatic heterocycles. The van der Waals surface area contributed by atoms with Crippen molar-refractivity contribution in [1.82, 2.24) is 15.1 Å². The van der Waals surface area contributed by atoms with Crippen LogP contribution in [-0.2, 0) is 9.53 Å². The molecule has 2 saturated heterocycles. The Balaban J connectivity index is 0.00000312. The molecule has 7 heteroatoms. The zero-order chi connectivity index (χ0) is 17.2. The molecule has 0 saturated carbocycles. The van der Waals surface area contributed by atoms with Crippen LogP contribution in [0.1, 0.15) is 45.4 Å². The van der Waals surface area contributed by atoms with Gasteiger partial charge in [0.2, 0.25) is 0 Å². The van der Waals surface area contributed by atoms with Gasteiger partial charge in [0.15, 0.2) is 5.96 Å². The first kappa shape index (κ1) is 22.5. The minimum atomic E-state index is -0.0674. The van der Waals surface area contributed by atoms with Gasteiger partial charge in [0.25, 0.3) is 0 Å². The maximum absolute atomic E-state index is 12.0. The van der Waals surface area contributed by atoms with Crippen LogP contribution in [0, 0.1) is 5.92 Å². The second-order valence-electron chi connectivity index (χ2n) is 6.77. The molecule has 0 amide bonds. The first-order chi connectivity index (χ1) is 11.7. The minimum Gasteiger partial charge on any atom is -0.466 e. The van der Waals surface area contributed by atoms with Gasteiger partial charge in [0, 0.05) is 33.2 Å². The van der Waals surface area contributed by atoms with E-state index in [1.165, 1.54) is 38.8 Å². The second-order valence-corrected chi connectivity index (χ2v) is 6.77. The monoisotopic (exact) mass is 466 g/mol. The molecule has 0 bridgehead atoms. The lowest BCUT2D eigenvalue weighted by atomic mass is 9.98. The summed E-state index contributed by atoms with van der Waals surface area (Å²) in [6.45, 7) is 8.40. The fourth-order valence-corrected chi connectivity index (χ4v) is 3.64. The van der Waals surface area contributed by atoms with E-state index in [2.05, 4.69) is 20.1 Å². The third-order valence-corrected chi connectivity index (χ3v) is 4.96. The van der Waals surface area contributed by atoms with Gasteiger partial charge in [-0.25, -0.2) is 0 Å². The van der Waals surface area contributed by atoms with Crippen molar-refractivity contribution in [3.63, 3.8) is 0 Å². The maximum atomic E-state index is 12.0. The molecule has 0 radical (unpaired) electrons. The fourth-order valence-electron chi connectivity index (χ4n) is 3.64. The predicted octanol–water partition coefficient (Wildman–Crippen LogP) is 2.33. The largest absolute Gasteiger partial charge is 0.466 e. The fraction of sp³-hybridized carbons (Fsp3) is 0.889. The topological polar surface area (TPSA) is 57.2 Å². The highest BCUT2D eigenvalue weighted by molar-refractivity contribution is 14.0. The van der Waals surface area contributed by atoms with Crippen LogP contribution >= 0.6 is 24.0 Å². The van der Waals surface area contributed by atoms with Crippen molar-refractivity contribution in [2.45, 2.75) is 45.4 Å². The smallest absolute Gasteiger partial charge is 0.310 e. The van der Waals surface area contributed by atoms with Crippen molar-refractivity contribution in [1.29, 1.82) is 0 Å². The van der Waals surface area contributed by atoms with Crippen LogP contribution in [0.2, 0.25) is 0 Å². The molecule has 2 aliphatic rings. The van der Waals surface area contributed by atoms with Crippen LogP contribution in [0.25, 0.3) is 0 Å². The molecule has 0 aromatic rings. The summed E-state index contributed by atoms with van der Waals surface area (Å²) in [6.07, 6.45) is 7.31. The van der Waals surface area contributed by atoms with Crippen molar-refractivity contribution in [2.24, 2.45) is 10.9 Å². The van der Waals surface area contributed by atoms with Crippen molar-refractivity contribution in [3.05, 3.63) is 0 Å². The number of carbonyl (C=O) groups excluding carboxylic acids is 1. The Morgan fingerprint density at radius 1 is 1.16 bits per heavy atom. The Morgan fingerprint density at radius 3 is 2.52 bits per heavy atom. The number of likely N-dealkylation sites (tertiary alicyclic amines) is 2. The zero-order valence-electron chi connectivity index (χ0n) is 15.8. The molecule has 0 aromatic heterocycles. The van der Waals surface area contributed by atoms with E-state index in [4.69, 9.17) is 4.74 Å². The quantitative estimate of drug-likeness (QED) is 0.292. The molecule has 0 spiro atoms. The molecule has 146 valence electrons. The number of rotatable bonds is 5. The summed E-state index contributed by atoms with van der Waals surface area (Å²) in [5.74, 6) is 0.823. The van der Waals surface area contributed by atoms with Crippen LogP contribution in [-0.4, -0.2) is 74.7 Å². The number of esters is 1. The number of nitrogens with zero attached hydrogens (tertiary/aromatic N) is 3. The van der Waals surface area contributed by atoms with Gasteiger partial charge in [-0.1, -0.05) is 12.8 Å². The van der Waals surface area contributed by atoms with E-state index in [-0.39, 0.29) is 35.9 Å². The summed E-state index contributed by atoms with van der Waals surface area (Å²) in [6, 6.07) is 0. The first-order valence-corrected chi connectivity index (χ1v) is 9.59. The van der Waals surface area contributed by atoms with E-state index in [1.54, 1.807) is 0 Å². The Labute approximate surface area is 169 Å². The van der Waals surface area contributed by atoms with Gasteiger partial charge >= 0.3 is 5.97 Å². The summed E-state index contributed by atoms with van der Waals surface area (Å²) in [7, 11) is 1.82. The SMILES string of the molecule is CCOC(=O)C1CCCN(C(=NC)NCCN2CCCCCC2)C1.I. The van der Waals surface area contributed by atoms with E-state index in [1.807, 2.05) is 14.0 Å². The van der Waals surface area contributed by atoms with Crippen molar-refractivity contribution in [3.8, 4) is 0 Å². The lowest BCUT2D eigenvalue weighted by Crippen LogP contribution is -2.49. The molecule has 1 unspecified atom stereocenters. The number of hydrogen-bond donors (Lipinski definition) is 1. The van der Waals surface area contributed by atoms with Gasteiger partial charge in [0.1, 0.15) is 0 Å². The van der Waals surface area contributed by atoms with E-state index >= 15 is 0 Å². The van der Waals surface area contributed by atoms with Crippen LogP contribution in [0.5, 0.6) is 0 Å². The lowest BCUT2D eigenvalue weighted by Gasteiger charge is -2.34. The third-order valence-electron chi connectivity index (χ3n) is 4.96. The summed E-state index contributed by atoms with van der Waals surface area (Å²) in [5, 5.41) is 3.48. The summed E-state index contributed by atoms with van der Waals surface area (Å²) < 4.78 is 5.18. The van der Waals surface area contributed by atoms with Crippen LogP contribution in [0.4, 0.5) is 0 Å². The van der Waals surface area contributed by atoms with E-state index < -0.39 is 0 Å². The molecule has 2 fully saturated rings. The zero-order valence-corrected chi connectivity index (χ0v) is 18.2. The summed E-state index contributed by atoms with van der Waals surface area (Å²) in [4.78, 5) is 21.2. The number of piperidine rings is 1. The number of guanidine groups is 1. The molecule has 2 heterocycles. The number of ether oxygens (including phenoxy) is 1.